The maximum Gasteiger partial charge on any atom is 0.322 e. The molecule has 0 heterocycles. The molecule has 0 aromatic heterocycles. The Kier molecular flexibility index (Phi) is 8.31. The molecule has 0 amide bonds. The summed E-state index contributed by atoms with van der Waals surface area (Å²) in [5.41, 5.74) is 6.23. The second-order valence-electron chi connectivity index (χ2n) is 7.15. The Morgan fingerprint density at radius 2 is 1.68 bits per heavy atom. The number of carbonyl (C=O) groups is 1. The largest absolute Gasteiger partial charge is 0.465 e. The standard InChI is InChI=1S/C16H33NO2/c1-7-19-15(18)14(17)10-12(2)8-9-13(3)11-16(4,5)6/h12-14H,7-11,17H2,1-6H3. The molecule has 3 unspecified atom stereocenters. The lowest BCUT2D eigenvalue weighted by molar-refractivity contribution is -0.145. The quantitative estimate of drug-likeness (QED) is 0.684. The first-order valence-electron chi connectivity index (χ1n) is 7.58. The van der Waals surface area contributed by atoms with Gasteiger partial charge in [0.25, 0.3) is 0 Å². The molecule has 0 bridgehead atoms. The zero-order valence-corrected chi connectivity index (χ0v) is 13.7. The number of rotatable bonds is 8. The van der Waals surface area contributed by atoms with Crippen molar-refractivity contribution >= 4 is 5.97 Å². The molecule has 0 fully saturated rings. The summed E-state index contributed by atoms with van der Waals surface area (Å²) in [6, 6.07) is -0.465. The summed E-state index contributed by atoms with van der Waals surface area (Å²) in [7, 11) is 0. The smallest absolute Gasteiger partial charge is 0.322 e. The molecule has 19 heavy (non-hydrogen) atoms. The van der Waals surface area contributed by atoms with Gasteiger partial charge in [0, 0.05) is 0 Å². The van der Waals surface area contributed by atoms with Gasteiger partial charge in [-0.2, -0.15) is 0 Å². The van der Waals surface area contributed by atoms with Crippen molar-refractivity contribution in [1.82, 2.24) is 0 Å². The van der Waals surface area contributed by atoms with Gasteiger partial charge in [0.2, 0.25) is 0 Å². The fourth-order valence-electron chi connectivity index (χ4n) is 2.61. The first-order chi connectivity index (χ1) is 8.65. The van der Waals surface area contributed by atoms with Crippen molar-refractivity contribution in [3.05, 3.63) is 0 Å². The van der Waals surface area contributed by atoms with Crippen LogP contribution in [0.3, 0.4) is 0 Å². The van der Waals surface area contributed by atoms with E-state index in [9.17, 15) is 4.79 Å². The number of hydrogen-bond donors (Lipinski definition) is 1. The van der Waals surface area contributed by atoms with Crippen LogP contribution in [0.1, 0.15) is 67.2 Å². The summed E-state index contributed by atoms with van der Waals surface area (Å²) >= 11 is 0. The van der Waals surface area contributed by atoms with E-state index >= 15 is 0 Å². The molecular formula is C16H33NO2. The SMILES string of the molecule is CCOC(=O)C(N)CC(C)CCC(C)CC(C)(C)C. The Labute approximate surface area is 119 Å². The van der Waals surface area contributed by atoms with Crippen LogP contribution in [-0.4, -0.2) is 18.6 Å². The van der Waals surface area contributed by atoms with Gasteiger partial charge in [-0.25, -0.2) is 0 Å². The van der Waals surface area contributed by atoms with Gasteiger partial charge >= 0.3 is 5.97 Å². The van der Waals surface area contributed by atoms with Crippen molar-refractivity contribution in [2.45, 2.75) is 73.3 Å². The van der Waals surface area contributed by atoms with Crippen LogP contribution in [0.15, 0.2) is 0 Å². The van der Waals surface area contributed by atoms with Crippen molar-refractivity contribution < 1.29 is 9.53 Å². The van der Waals surface area contributed by atoms with Crippen molar-refractivity contribution in [3.8, 4) is 0 Å². The number of esters is 1. The Balaban J connectivity index is 3.92. The number of hydrogen-bond acceptors (Lipinski definition) is 3. The van der Waals surface area contributed by atoms with Gasteiger partial charge in [0.1, 0.15) is 6.04 Å². The van der Waals surface area contributed by atoms with Gasteiger partial charge < -0.3 is 10.5 Å². The van der Waals surface area contributed by atoms with Crippen LogP contribution >= 0.6 is 0 Å². The summed E-state index contributed by atoms with van der Waals surface area (Å²) in [4.78, 5) is 11.5. The van der Waals surface area contributed by atoms with Gasteiger partial charge in [0.15, 0.2) is 0 Å². The van der Waals surface area contributed by atoms with E-state index in [-0.39, 0.29) is 5.97 Å². The van der Waals surface area contributed by atoms with Crippen molar-refractivity contribution in [1.29, 1.82) is 0 Å². The van der Waals surface area contributed by atoms with Gasteiger partial charge in [-0.15, -0.1) is 0 Å². The predicted octanol–water partition coefficient (Wildman–Crippen LogP) is 3.76. The molecule has 0 spiro atoms. The van der Waals surface area contributed by atoms with E-state index in [0.717, 1.165) is 18.8 Å². The third-order valence-electron chi connectivity index (χ3n) is 3.36. The lowest BCUT2D eigenvalue weighted by atomic mass is 9.82. The molecule has 3 heteroatoms. The van der Waals surface area contributed by atoms with Gasteiger partial charge in [-0.1, -0.05) is 47.5 Å². The molecular weight excluding hydrogens is 238 g/mol. The minimum atomic E-state index is -0.465. The summed E-state index contributed by atoms with van der Waals surface area (Å²) in [5.74, 6) is 0.931. The first kappa shape index (κ1) is 18.4. The molecule has 0 aromatic carbocycles. The highest BCUT2D eigenvalue weighted by atomic mass is 16.5. The van der Waals surface area contributed by atoms with Crippen LogP contribution in [0.5, 0.6) is 0 Å². The minimum Gasteiger partial charge on any atom is -0.465 e. The van der Waals surface area contributed by atoms with Crippen molar-refractivity contribution in [3.63, 3.8) is 0 Å². The Morgan fingerprint density at radius 3 is 2.16 bits per heavy atom. The molecule has 2 N–H and O–H groups in total. The fourth-order valence-corrected chi connectivity index (χ4v) is 2.61. The Hall–Kier alpha value is -0.570. The summed E-state index contributed by atoms with van der Waals surface area (Å²) < 4.78 is 4.93. The average Bonchev–Trinajstić information content (AvgIpc) is 2.24. The predicted molar refractivity (Wildman–Crippen MR) is 80.9 cm³/mol. The van der Waals surface area contributed by atoms with E-state index < -0.39 is 6.04 Å². The van der Waals surface area contributed by atoms with Crippen LogP contribution in [0.25, 0.3) is 0 Å². The zero-order valence-electron chi connectivity index (χ0n) is 13.7. The van der Waals surface area contributed by atoms with E-state index in [4.69, 9.17) is 10.5 Å². The second-order valence-corrected chi connectivity index (χ2v) is 7.15. The van der Waals surface area contributed by atoms with Gasteiger partial charge in [-0.05, 0) is 37.0 Å². The van der Waals surface area contributed by atoms with E-state index in [1.807, 2.05) is 6.92 Å². The molecule has 0 aliphatic carbocycles. The first-order valence-corrected chi connectivity index (χ1v) is 7.58. The van der Waals surface area contributed by atoms with Crippen LogP contribution in [0, 0.1) is 17.3 Å². The lowest BCUT2D eigenvalue weighted by Crippen LogP contribution is -2.34. The summed E-state index contributed by atoms with van der Waals surface area (Å²) in [6.45, 7) is 13.5. The van der Waals surface area contributed by atoms with Crippen LogP contribution < -0.4 is 5.73 Å². The monoisotopic (exact) mass is 271 g/mol. The molecule has 0 saturated carbocycles. The van der Waals surface area contributed by atoms with Crippen LogP contribution in [0.2, 0.25) is 0 Å². The fraction of sp³-hybridized carbons (Fsp3) is 0.938. The number of nitrogens with two attached hydrogens (primary N) is 1. The van der Waals surface area contributed by atoms with Crippen LogP contribution in [-0.2, 0) is 9.53 Å². The zero-order chi connectivity index (χ0) is 15.1. The topological polar surface area (TPSA) is 52.3 Å². The Morgan fingerprint density at radius 1 is 1.16 bits per heavy atom. The average molecular weight is 271 g/mol. The molecule has 0 aliphatic heterocycles. The molecule has 0 saturated heterocycles. The maximum absolute atomic E-state index is 11.5. The molecule has 3 nitrogen and oxygen atoms in total. The third-order valence-corrected chi connectivity index (χ3v) is 3.36. The summed E-state index contributed by atoms with van der Waals surface area (Å²) in [6.07, 6.45) is 4.29. The van der Waals surface area contributed by atoms with Gasteiger partial charge in [-0.3, -0.25) is 4.79 Å². The molecule has 0 radical (unpaired) electrons. The van der Waals surface area contributed by atoms with E-state index in [2.05, 4.69) is 34.6 Å². The number of carbonyl (C=O) groups excluding carboxylic acids is 1. The Bertz CT molecular complexity index is 258. The highest BCUT2D eigenvalue weighted by Gasteiger charge is 2.19. The molecule has 3 atom stereocenters. The second kappa shape index (κ2) is 8.57. The molecule has 114 valence electrons. The minimum absolute atomic E-state index is 0.267. The molecule has 0 aromatic rings. The lowest BCUT2D eigenvalue weighted by Gasteiger charge is -2.24. The number of ether oxygens (including phenoxy) is 1. The highest BCUT2D eigenvalue weighted by Crippen LogP contribution is 2.28. The van der Waals surface area contributed by atoms with Crippen LogP contribution in [0.4, 0.5) is 0 Å². The van der Waals surface area contributed by atoms with E-state index in [1.165, 1.54) is 12.8 Å². The van der Waals surface area contributed by atoms with E-state index in [0.29, 0.717) is 17.9 Å². The molecule has 0 rings (SSSR count). The van der Waals surface area contributed by atoms with Crippen molar-refractivity contribution in [2.24, 2.45) is 23.0 Å². The third kappa shape index (κ3) is 9.94. The molecule has 0 aliphatic rings. The van der Waals surface area contributed by atoms with Crippen molar-refractivity contribution in [2.75, 3.05) is 6.61 Å². The highest BCUT2D eigenvalue weighted by molar-refractivity contribution is 5.75. The van der Waals surface area contributed by atoms with Gasteiger partial charge in [0.05, 0.1) is 6.61 Å². The summed E-state index contributed by atoms with van der Waals surface area (Å²) in [5, 5.41) is 0. The van der Waals surface area contributed by atoms with E-state index in [1.54, 1.807) is 0 Å². The maximum atomic E-state index is 11.5. The normalized spacial score (nSPS) is 16.8.